The number of halogens is 1. The topological polar surface area (TPSA) is 38.3 Å². The van der Waals surface area contributed by atoms with Crippen molar-refractivity contribution in [1.82, 2.24) is 5.32 Å². The highest BCUT2D eigenvalue weighted by Gasteiger charge is 2.08. The fraction of sp³-hybridized carbons (Fsp3) is 0.235. The standard InChI is InChI=1S/C17H18FNO2/c1-12(14-6-4-8-16(18)10-14)19-11-13-5-3-7-15(9-13)17(20)21-2/h3-10,12,19H,11H2,1-2H3. The Morgan fingerprint density at radius 1 is 1.24 bits per heavy atom. The smallest absolute Gasteiger partial charge is 0.337 e. The molecule has 110 valence electrons. The molecule has 0 aliphatic carbocycles. The number of benzene rings is 2. The number of nitrogens with one attached hydrogen (secondary N) is 1. The van der Waals surface area contributed by atoms with Crippen LogP contribution in [0.4, 0.5) is 4.39 Å². The number of carbonyl (C=O) groups is 1. The van der Waals surface area contributed by atoms with Gasteiger partial charge in [-0.1, -0.05) is 24.3 Å². The zero-order chi connectivity index (χ0) is 15.2. The molecule has 2 aromatic carbocycles. The molecule has 1 atom stereocenters. The van der Waals surface area contributed by atoms with Gasteiger partial charge in [-0.2, -0.15) is 0 Å². The number of carbonyl (C=O) groups excluding carboxylic acids is 1. The monoisotopic (exact) mass is 287 g/mol. The molecule has 4 heteroatoms. The summed E-state index contributed by atoms with van der Waals surface area (Å²) in [4.78, 5) is 11.5. The number of hydrogen-bond acceptors (Lipinski definition) is 3. The molecule has 0 aliphatic rings. The number of hydrogen-bond donors (Lipinski definition) is 1. The van der Waals surface area contributed by atoms with E-state index in [0.29, 0.717) is 12.1 Å². The zero-order valence-electron chi connectivity index (χ0n) is 12.1. The molecule has 0 spiro atoms. The lowest BCUT2D eigenvalue weighted by molar-refractivity contribution is 0.0600. The molecule has 0 aliphatic heterocycles. The summed E-state index contributed by atoms with van der Waals surface area (Å²) in [5.74, 6) is -0.594. The second-order valence-corrected chi connectivity index (χ2v) is 4.85. The zero-order valence-corrected chi connectivity index (χ0v) is 12.1. The average molecular weight is 287 g/mol. The maximum Gasteiger partial charge on any atom is 0.337 e. The van der Waals surface area contributed by atoms with Gasteiger partial charge in [0.05, 0.1) is 12.7 Å². The molecule has 0 amide bonds. The van der Waals surface area contributed by atoms with E-state index in [1.807, 2.05) is 25.1 Å². The third kappa shape index (κ3) is 4.13. The molecule has 1 N–H and O–H groups in total. The molecule has 0 saturated heterocycles. The van der Waals surface area contributed by atoms with Gasteiger partial charge in [0.25, 0.3) is 0 Å². The molecule has 2 rings (SSSR count). The van der Waals surface area contributed by atoms with Gasteiger partial charge in [-0.25, -0.2) is 9.18 Å². The maximum atomic E-state index is 13.2. The van der Waals surface area contributed by atoms with E-state index in [9.17, 15) is 9.18 Å². The summed E-state index contributed by atoms with van der Waals surface area (Å²) in [6.45, 7) is 2.56. The van der Waals surface area contributed by atoms with E-state index in [1.165, 1.54) is 19.2 Å². The first-order valence-electron chi connectivity index (χ1n) is 6.76. The summed E-state index contributed by atoms with van der Waals surface area (Å²) in [6, 6.07) is 13.8. The summed E-state index contributed by atoms with van der Waals surface area (Å²) < 4.78 is 17.9. The maximum absolute atomic E-state index is 13.2. The van der Waals surface area contributed by atoms with Crippen molar-refractivity contribution < 1.29 is 13.9 Å². The van der Waals surface area contributed by atoms with Gasteiger partial charge >= 0.3 is 5.97 Å². The van der Waals surface area contributed by atoms with Gasteiger partial charge in [-0.15, -0.1) is 0 Å². The Kier molecular flexibility index (Phi) is 5.06. The third-order valence-corrected chi connectivity index (χ3v) is 3.31. The molecule has 0 aromatic heterocycles. The molecule has 0 bridgehead atoms. The van der Waals surface area contributed by atoms with E-state index in [-0.39, 0.29) is 17.8 Å². The van der Waals surface area contributed by atoms with Gasteiger partial charge in [0.1, 0.15) is 5.82 Å². The Labute approximate surface area is 123 Å². The van der Waals surface area contributed by atoms with Gasteiger partial charge in [0, 0.05) is 12.6 Å². The van der Waals surface area contributed by atoms with E-state index in [2.05, 4.69) is 5.32 Å². The van der Waals surface area contributed by atoms with Crippen LogP contribution in [-0.4, -0.2) is 13.1 Å². The minimum atomic E-state index is -0.352. The van der Waals surface area contributed by atoms with Crippen molar-refractivity contribution in [3.63, 3.8) is 0 Å². The molecule has 3 nitrogen and oxygen atoms in total. The lowest BCUT2D eigenvalue weighted by Crippen LogP contribution is -2.18. The molecule has 1 unspecified atom stereocenters. The van der Waals surface area contributed by atoms with Gasteiger partial charge in [0.2, 0.25) is 0 Å². The first kappa shape index (κ1) is 15.2. The lowest BCUT2D eigenvalue weighted by Gasteiger charge is -2.14. The van der Waals surface area contributed by atoms with Gasteiger partial charge in [-0.05, 0) is 42.3 Å². The second-order valence-electron chi connectivity index (χ2n) is 4.85. The number of rotatable bonds is 5. The SMILES string of the molecule is COC(=O)c1cccc(CNC(C)c2cccc(F)c2)c1. The highest BCUT2D eigenvalue weighted by molar-refractivity contribution is 5.89. The van der Waals surface area contributed by atoms with E-state index in [1.54, 1.807) is 18.2 Å². The Morgan fingerprint density at radius 2 is 2.00 bits per heavy atom. The van der Waals surface area contributed by atoms with Crippen molar-refractivity contribution >= 4 is 5.97 Å². The molecule has 2 aromatic rings. The van der Waals surface area contributed by atoms with Crippen LogP contribution in [0.3, 0.4) is 0 Å². The second kappa shape index (κ2) is 6.99. The van der Waals surface area contributed by atoms with Crippen molar-refractivity contribution in [1.29, 1.82) is 0 Å². The van der Waals surface area contributed by atoms with E-state index in [4.69, 9.17) is 4.74 Å². The van der Waals surface area contributed by atoms with Crippen LogP contribution in [0.1, 0.15) is 34.5 Å². The Bertz CT molecular complexity index is 628. The van der Waals surface area contributed by atoms with E-state index in [0.717, 1.165) is 11.1 Å². The Morgan fingerprint density at radius 3 is 2.71 bits per heavy atom. The normalized spacial score (nSPS) is 12.0. The van der Waals surface area contributed by atoms with Crippen LogP contribution >= 0.6 is 0 Å². The molecule has 0 saturated carbocycles. The average Bonchev–Trinajstić information content (AvgIpc) is 2.52. The summed E-state index contributed by atoms with van der Waals surface area (Å²) in [5, 5.41) is 3.31. The van der Waals surface area contributed by atoms with Gasteiger partial charge < -0.3 is 10.1 Å². The van der Waals surface area contributed by atoms with Crippen LogP contribution in [0.15, 0.2) is 48.5 Å². The van der Waals surface area contributed by atoms with Crippen LogP contribution in [0.2, 0.25) is 0 Å². The minimum Gasteiger partial charge on any atom is -0.465 e. The van der Waals surface area contributed by atoms with Crippen LogP contribution in [0.25, 0.3) is 0 Å². The highest BCUT2D eigenvalue weighted by atomic mass is 19.1. The van der Waals surface area contributed by atoms with Gasteiger partial charge in [0.15, 0.2) is 0 Å². The third-order valence-electron chi connectivity index (χ3n) is 3.31. The first-order chi connectivity index (χ1) is 10.1. The van der Waals surface area contributed by atoms with Crippen LogP contribution in [-0.2, 0) is 11.3 Å². The van der Waals surface area contributed by atoms with Crippen molar-refractivity contribution in [3.8, 4) is 0 Å². The largest absolute Gasteiger partial charge is 0.465 e. The fourth-order valence-corrected chi connectivity index (χ4v) is 2.09. The number of ether oxygens (including phenoxy) is 1. The Balaban J connectivity index is 2.01. The van der Waals surface area contributed by atoms with Crippen molar-refractivity contribution in [2.24, 2.45) is 0 Å². The molecule has 0 fully saturated rings. The minimum absolute atomic E-state index is 0.0162. The quantitative estimate of drug-likeness (QED) is 0.856. The molecular formula is C17H18FNO2. The fourth-order valence-electron chi connectivity index (χ4n) is 2.09. The van der Waals surface area contributed by atoms with Crippen molar-refractivity contribution in [2.45, 2.75) is 19.5 Å². The molecule has 21 heavy (non-hydrogen) atoms. The highest BCUT2D eigenvalue weighted by Crippen LogP contribution is 2.15. The first-order valence-corrected chi connectivity index (χ1v) is 6.76. The molecule has 0 heterocycles. The van der Waals surface area contributed by atoms with Crippen LogP contribution in [0, 0.1) is 5.82 Å². The van der Waals surface area contributed by atoms with Crippen molar-refractivity contribution in [2.75, 3.05) is 7.11 Å². The van der Waals surface area contributed by atoms with Crippen molar-refractivity contribution in [3.05, 3.63) is 71.0 Å². The summed E-state index contributed by atoms with van der Waals surface area (Å²) in [5.41, 5.74) is 2.38. The van der Waals surface area contributed by atoms with Gasteiger partial charge in [-0.3, -0.25) is 0 Å². The van der Waals surface area contributed by atoms with Crippen LogP contribution in [0.5, 0.6) is 0 Å². The lowest BCUT2D eigenvalue weighted by atomic mass is 10.1. The molecular weight excluding hydrogens is 269 g/mol. The number of methoxy groups -OCH3 is 1. The number of esters is 1. The summed E-state index contributed by atoms with van der Waals surface area (Å²) in [6.07, 6.45) is 0. The predicted octanol–water partition coefficient (Wildman–Crippen LogP) is 3.46. The van der Waals surface area contributed by atoms with E-state index >= 15 is 0 Å². The summed E-state index contributed by atoms with van der Waals surface area (Å²) >= 11 is 0. The Hall–Kier alpha value is -2.20. The van der Waals surface area contributed by atoms with Crippen LogP contribution < -0.4 is 5.32 Å². The van der Waals surface area contributed by atoms with E-state index < -0.39 is 0 Å². The molecule has 0 radical (unpaired) electrons. The predicted molar refractivity (Wildman–Crippen MR) is 79.4 cm³/mol. The summed E-state index contributed by atoms with van der Waals surface area (Å²) in [7, 11) is 1.36.